The predicted molar refractivity (Wildman–Crippen MR) is 94.3 cm³/mol. The number of oxime groups is 1. The van der Waals surface area contributed by atoms with Crippen LogP contribution in [-0.4, -0.2) is 11.2 Å². The van der Waals surface area contributed by atoms with Crippen LogP contribution >= 0.6 is 0 Å². The number of aryl methyl sites for hydroxylation is 1. The first-order chi connectivity index (χ1) is 12.2. The number of rotatable bonds is 6. The highest BCUT2D eigenvalue weighted by molar-refractivity contribution is 5.78. The maximum absolute atomic E-state index is 12.9. The monoisotopic (exact) mass is 336 g/mol. The SMILES string of the molecule is Cc1ccccc1CON=Cc1ccc(Oc2ccc(F)cc2)nc1. The van der Waals surface area contributed by atoms with E-state index >= 15 is 0 Å². The Morgan fingerprint density at radius 3 is 2.56 bits per heavy atom. The number of benzene rings is 2. The quantitative estimate of drug-likeness (QED) is 0.476. The molecule has 0 aliphatic heterocycles. The van der Waals surface area contributed by atoms with Crippen LogP contribution in [0.15, 0.2) is 72.0 Å². The highest BCUT2D eigenvalue weighted by Gasteiger charge is 2.00. The molecule has 4 nitrogen and oxygen atoms in total. The average Bonchev–Trinajstić information content (AvgIpc) is 2.63. The summed E-state index contributed by atoms with van der Waals surface area (Å²) in [6, 6.07) is 17.3. The molecule has 0 N–H and O–H groups in total. The molecule has 3 rings (SSSR count). The molecule has 2 aromatic carbocycles. The molecule has 3 aromatic rings. The minimum atomic E-state index is -0.308. The number of hydrogen-bond acceptors (Lipinski definition) is 4. The van der Waals surface area contributed by atoms with Crippen LogP contribution in [0, 0.1) is 12.7 Å². The van der Waals surface area contributed by atoms with Gasteiger partial charge < -0.3 is 9.57 Å². The van der Waals surface area contributed by atoms with Gasteiger partial charge in [0.2, 0.25) is 5.88 Å². The van der Waals surface area contributed by atoms with E-state index in [4.69, 9.17) is 9.57 Å². The number of hydrogen-bond donors (Lipinski definition) is 0. The van der Waals surface area contributed by atoms with Crippen molar-refractivity contribution in [2.45, 2.75) is 13.5 Å². The van der Waals surface area contributed by atoms with Gasteiger partial charge in [-0.15, -0.1) is 0 Å². The van der Waals surface area contributed by atoms with Crippen molar-refractivity contribution in [3.63, 3.8) is 0 Å². The van der Waals surface area contributed by atoms with Gasteiger partial charge in [0.25, 0.3) is 0 Å². The van der Waals surface area contributed by atoms with Crippen molar-refractivity contribution in [1.82, 2.24) is 4.98 Å². The topological polar surface area (TPSA) is 43.7 Å². The minimum Gasteiger partial charge on any atom is -0.439 e. The van der Waals surface area contributed by atoms with Crippen molar-refractivity contribution < 1.29 is 14.0 Å². The van der Waals surface area contributed by atoms with E-state index in [-0.39, 0.29) is 5.82 Å². The zero-order chi connectivity index (χ0) is 17.5. The lowest BCUT2D eigenvalue weighted by Crippen LogP contribution is -1.92. The largest absolute Gasteiger partial charge is 0.439 e. The first-order valence-electron chi connectivity index (χ1n) is 7.80. The average molecular weight is 336 g/mol. The second-order valence-electron chi connectivity index (χ2n) is 5.42. The molecule has 0 unspecified atom stereocenters. The number of aromatic nitrogens is 1. The van der Waals surface area contributed by atoms with Crippen LogP contribution in [-0.2, 0) is 11.4 Å². The van der Waals surface area contributed by atoms with Gasteiger partial charge >= 0.3 is 0 Å². The summed E-state index contributed by atoms with van der Waals surface area (Å²) in [4.78, 5) is 9.50. The van der Waals surface area contributed by atoms with Crippen molar-refractivity contribution in [1.29, 1.82) is 0 Å². The predicted octanol–water partition coefficient (Wildman–Crippen LogP) is 4.87. The molecular weight excluding hydrogens is 319 g/mol. The summed E-state index contributed by atoms with van der Waals surface area (Å²) >= 11 is 0. The van der Waals surface area contributed by atoms with Gasteiger partial charge in [0.15, 0.2) is 0 Å². The molecule has 0 atom stereocenters. The Hall–Kier alpha value is -3.21. The summed E-state index contributed by atoms with van der Waals surface area (Å²) in [5, 5.41) is 3.95. The van der Waals surface area contributed by atoms with Gasteiger partial charge in [0.05, 0.1) is 6.21 Å². The molecule has 1 aromatic heterocycles. The van der Waals surface area contributed by atoms with Crippen molar-refractivity contribution in [3.05, 3.63) is 89.4 Å². The molecule has 0 radical (unpaired) electrons. The summed E-state index contributed by atoms with van der Waals surface area (Å²) in [5.41, 5.74) is 3.05. The van der Waals surface area contributed by atoms with Gasteiger partial charge in [-0.3, -0.25) is 0 Å². The number of nitrogens with zero attached hydrogens (tertiary/aromatic N) is 2. The lowest BCUT2D eigenvalue weighted by atomic mass is 10.1. The van der Waals surface area contributed by atoms with E-state index in [2.05, 4.69) is 10.1 Å². The molecule has 0 bridgehead atoms. The standard InChI is InChI=1S/C20H17FN2O2/c1-15-4-2-3-5-17(15)14-24-23-13-16-6-11-20(22-12-16)25-19-9-7-18(21)8-10-19/h2-13H,14H2,1H3. The fraction of sp³-hybridized carbons (Fsp3) is 0.100. The molecule has 0 amide bonds. The van der Waals surface area contributed by atoms with Gasteiger partial charge in [-0.25, -0.2) is 9.37 Å². The Bertz CT molecular complexity index is 846. The molecule has 126 valence electrons. The first-order valence-corrected chi connectivity index (χ1v) is 7.80. The zero-order valence-electron chi connectivity index (χ0n) is 13.7. The molecule has 0 aliphatic carbocycles. The second kappa shape index (κ2) is 8.06. The molecule has 1 heterocycles. The van der Waals surface area contributed by atoms with E-state index in [1.54, 1.807) is 30.6 Å². The number of halogens is 1. The first kappa shape index (κ1) is 16.6. The summed E-state index contributed by atoms with van der Waals surface area (Å²) in [6.07, 6.45) is 3.21. The number of pyridine rings is 1. The summed E-state index contributed by atoms with van der Waals surface area (Å²) in [6.45, 7) is 2.45. The molecule has 25 heavy (non-hydrogen) atoms. The highest BCUT2D eigenvalue weighted by Crippen LogP contribution is 2.19. The van der Waals surface area contributed by atoms with E-state index < -0.39 is 0 Å². The van der Waals surface area contributed by atoms with Crippen LogP contribution in [0.3, 0.4) is 0 Å². The van der Waals surface area contributed by atoms with Gasteiger partial charge in [-0.2, -0.15) is 0 Å². The second-order valence-corrected chi connectivity index (χ2v) is 5.42. The maximum atomic E-state index is 12.9. The summed E-state index contributed by atoms with van der Waals surface area (Å²) in [5.74, 6) is 0.638. The molecule has 0 aliphatic rings. The highest BCUT2D eigenvalue weighted by atomic mass is 19.1. The molecule has 0 saturated heterocycles. The van der Waals surface area contributed by atoms with Gasteiger partial charge in [0, 0.05) is 17.8 Å². The van der Waals surface area contributed by atoms with Crippen LogP contribution in [0.25, 0.3) is 0 Å². The third kappa shape index (κ3) is 4.88. The fourth-order valence-electron chi connectivity index (χ4n) is 2.13. The molecule has 5 heteroatoms. The van der Waals surface area contributed by atoms with Crippen molar-refractivity contribution in [2.24, 2.45) is 5.16 Å². The van der Waals surface area contributed by atoms with Crippen molar-refractivity contribution >= 4 is 6.21 Å². The third-order valence-corrected chi connectivity index (χ3v) is 3.55. The molecule has 0 saturated carbocycles. The van der Waals surface area contributed by atoms with Crippen LogP contribution in [0.1, 0.15) is 16.7 Å². The summed E-state index contributed by atoms with van der Waals surface area (Å²) < 4.78 is 18.4. The van der Waals surface area contributed by atoms with Crippen LogP contribution in [0.4, 0.5) is 4.39 Å². The van der Waals surface area contributed by atoms with Crippen LogP contribution in [0.5, 0.6) is 11.6 Å². The zero-order valence-corrected chi connectivity index (χ0v) is 13.7. The van der Waals surface area contributed by atoms with Gasteiger partial charge in [-0.1, -0.05) is 29.4 Å². The van der Waals surface area contributed by atoms with Crippen molar-refractivity contribution in [2.75, 3.05) is 0 Å². The maximum Gasteiger partial charge on any atom is 0.219 e. The Balaban J connectivity index is 1.53. The van der Waals surface area contributed by atoms with Crippen LogP contribution in [0.2, 0.25) is 0 Å². The Morgan fingerprint density at radius 1 is 1.04 bits per heavy atom. The Morgan fingerprint density at radius 2 is 1.84 bits per heavy atom. The van der Waals surface area contributed by atoms with E-state index in [0.29, 0.717) is 18.2 Å². The molecule has 0 spiro atoms. The Labute approximate surface area is 145 Å². The lowest BCUT2D eigenvalue weighted by molar-refractivity contribution is 0.131. The van der Waals surface area contributed by atoms with E-state index in [0.717, 1.165) is 11.1 Å². The minimum absolute atomic E-state index is 0.308. The fourth-order valence-corrected chi connectivity index (χ4v) is 2.13. The Kier molecular flexibility index (Phi) is 5.36. The third-order valence-electron chi connectivity index (χ3n) is 3.55. The van der Waals surface area contributed by atoms with E-state index in [9.17, 15) is 4.39 Å². The van der Waals surface area contributed by atoms with E-state index in [1.807, 2.05) is 37.3 Å². The summed E-state index contributed by atoms with van der Waals surface area (Å²) in [7, 11) is 0. The smallest absolute Gasteiger partial charge is 0.219 e. The van der Waals surface area contributed by atoms with Gasteiger partial charge in [-0.05, 0) is 48.4 Å². The molecule has 0 fully saturated rings. The molecular formula is C20H17FN2O2. The van der Waals surface area contributed by atoms with Crippen LogP contribution < -0.4 is 4.74 Å². The lowest BCUT2D eigenvalue weighted by Gasteiger charge is -2.04. The van der Waals surface area contributed by atoms with E-state index in [1.165, 1.54) is 17.7 Å². The van der Waals surface area contributed by atoms with Crippen molar-refractivity contribution in [3.8, 4) is 11.6 Å². The normalized spacial score (nSPS) is 10.8. The number of ether oxygens (including phenoxy) is 1. The van der Waals surface area contributed by atoms with Gasteiger partial charge in [0.1, 0.15) is 18.2 Å².